The van der Waals surface area contributed by atoms with Crippen LogP contribution in [0.25, 0.3) is 0 Å². The van der Waals surface area contributed by atoms with Crippen molar-refractivity contribution in [3.8, 4) is 0 Å². The van der Waals surface area contributed by atoms with E-state index < -0.39 is 11.6 Å². The van der Waals surface area contributed by atoms with Crippen molar-refractivity contribution in [2.24, 2.45) is 5.92 Å². The van der Waals surface area contributed by atoms with Crippen LogP contribution in [0.3, 0.4) is 0 Å². The summed E-state index contributed by atoms with van der Waals surface area (Å²) in [7, 11) is 0. The predicted molar refractivity (Wildman–Crippen MR) is 114 cm³/mol. The number of hydrogen-bond acceptors (Lipinski definition) is 4. The van der Waals surface area contributed by atoms with Crippen LogP contribution in [0.2, 0.25) is 0 Å². The molecule has 0 bridgehead atoms. The number of amides is 4. The number of nitrogens with one attached hydrogen (secondary N) is 1. The minimum Gasteiger partial charge on any atom is -0.334 e. The summed E-state index contributed by atoms with van der Waals surface area (Å²) in [4.78, 5) is 46.6. The van der Waals surface area contributed by atoms with E-state index in [0.29, 0.717) is 18.9 Å². The molecule has 3 aliphatic rings. The highest BCUT2D eigenvalue weighted by Crippen LogP contribution is 2.41. The molecule has 2 aromatic rings. The fourth-order valence-corrected chi connectivity index (χ4v) is 4.94. The highest BCUT2D eigenvalue weighted by atomic mass is 16.2. The van der Waals surface area contributed by atoms with E-state index in [1.165, 1.54) is 0 Å². The summed E-state index contributed by atoms with van der Waals surface area (Å²) in [6.45, 7) is 2.22. The van der Waals surface area contributed by atoms with E-state index >= 15 is 0 Å². The van der Waals surface area contributed by atoms with Crippen LogP contribution in [0.15, 0.2) is 48.8 Å². The third-order valence-corrected chi connectivity index (χ3v) is 6.91. The topological polar surface area (TPSA) is 82.6 Å². The smallest absolute Gasteiger partial charge is 0.325 e. The zero-order valence-corrected chi connectivity index (χ0v) is 17.6. The molecule has 2 fully saturated rings. The number of fused-ring (bicyclic) bond motifs is 2. The number of pyridine rings is 1. The van der Waals surface area contributed by atoms with Gasteiger partial charge in [-0.1, -0.05) is 30.3 Å². The van der Waals surface area contributed by atoms with Crippen LogP contribution in [0, 0.1) is 5.92 Å². The van der Waals surface area contributed by atoms with E-state index in [0.717, 1.165) is 40.9 Å². The van der Waals surface area contributed by atoms with E-state index in [1.807, 2.05) is 43.3 Å². The van der Waals surface area contributed by atoms with Crippen molar-refractivity contribution >= 4 is 17.8 Å². The van der Waals surface area contributed by atoms with Crippen molar-refractivity contribution in [3.05, 3.63) is 65.5 Å². The zero-order chi connectivity index (χ0) is 21.6. The number of nitrogens with zero attached hydrogens (tertiary/aromatic N) is 3. The van der Waals surface area contributed by atoms with Crippen molar-refractivity contribution in [1.29, 1.82) is 0 Å². The molecule has 1 aliphatic heterocycles. The molecule has 2 atom stereocenters. The van der Waals surface area contributed by atoms with Gasteiger partial charge in [0.15, 0.2) is 0 Å². The summed E-state index contributed by atoms with van der Waals surface area (Å²) >= 11 is 0. The number of rotatable bonds is 6. The molecule has 2 unspecified atom stereocenters. The van der Waals surface area contributed by atoms with Crippen LogP contribution >= 0.6 is 0 Å². The van der Waals surface area contributed by atoms with E-state index in [2.05, 4.69) is 10.3 Å². The van der Waals surface area contributed by atoms with Crippen molar-refractivity contribution in [3.63, 3.8) is 0 Å². The number of carbonyl (C=O) groups excluding carboxylic acids is 3. The maximum Gasteiger partial charge on any atom is 0.325 e. The standard InChI is InChI=1S/C24H26N4O3/c1-16(18-8-9-18)27(14-17-5-4-12-25-13-17)21(29)15-28-22(30)24(26-23(28)31)11-10-19-6-2-3-7-20(19)24/h2-7,12-13,16,18H,8-11,14-15H2,1H3,(H,26,31). The van der Waals surface area contributed by atoms with Crippen LogP contribution in [0.1, 0.15) is 42.9 Å². The van der Waals surface area contributed by atoms with Gasteiger partial charge in [0, 0.05) is 25.0 Å². The normalized spacial score (nSPS) is 23.1. The van der Waals surface area contributed by atoms with Gasteiger partial charge in [-0.05, 0) is 61.3 Å². The van der Waals surface area contributed by atoms with Gasteiger partial charge in [-0.15, -0.1) is 0 Å². The predicted octanol–water partition coefficient (Wildman–Crippen LogP) is 2.60. The third kappa shape index (κ3) is 3.38. The Morgan fingerprint density at radius 1 is 1.26 bits per heavy atom. The van der Waals surface area contributed by atoms with E-state index in [4.69, 9.17) is 0 Å². The number of imide groups is 1. The van der Waals surface area contributed by atoms with Crippen LogP contribution in [-0.2, 0) is 28.1 Å². The summed E-state index contributed by atoms with van der Waals surface area (Å²) in [6, 6.07) is 11.1. The average molecular weight is 418 g/mol. The van der Waals surface area contributed by atoms with Crippen molar-refractivity contribution in [2.75, 3.05) is 6.54 Å². The quantitative estimate of drug-likeness (QED) is 0.731. The van der Waals surface area contributed by atoms with Crippen molar-refractivity contribution in [1.82, 2.24) is 20.1 Å². The van der Waals surface area contributed by atoms with Crippen LogP contribution in [-0.4, -0.2) is 45.2 Å². The lowest BCUT2D eigenvalue weighted by atomic mass is 9.92. The largest absolute Gasteiger partial charge is 0.334 e. The minimum atomic E-state index is -1.04. The first kappa shape index (κ1) is 19.7. The molecule has 1 aromatic heterocycles. The fourth-order valence-electron chi connectivity index (χ4n) is 4.94. The molecule has 2 aliphatic carbocycles. The number of urea groups is 1. The molecule has 0 radical (unpaired) electrons. The highest BCUT2D eigenvalue weighted by Gasteiger charge is 2.55. The number of hydrogen-bond donors (Lipinski definition) is 1. The molecule has 4 amide bonds. The molecule has 1 saturated heterocycles. The summed E-state index contributed by atoms with van der Waals surface area (Å²) in [5.74, 6) is -0.0666. The second-order valence-electron chi connectivity index (χ2n) is 8.84. The molecule has 160 valence electrons. The second kappa shape index (κ2) is 7.48. The minimum absolute atomic E-state index is 0.0506. The van der Waals surface area contributed by atoms with E-state index in [9.17, 15) is 14.4 Å². The van der Waals surface area contributed by atoms with Crippen molar-refractivity contribution < 1.29 is 14.4 Å². The Morgan fingerprint density at radius 3 is 2.81 bits per heavy atom. The van der Waals surface area contributed by atoms with Crippen molar-refractivity contribution in [2.45, 2.75) is 50.7 Å². The van der Waals surface area contributed by atoms with Crippen LogP contribution < -0.4 is 5.32 Å². The average Bonchev–Trinajstić information content (AvgIpc) is 3.54. The summed E-state index contributed by atoms with van der Waals surface area (Å²) in [6.07, 6.45) is 6.90. The number of benzene rings is 1. The molecule has 1 aromatic carbocycles. The van der Waals surface area contributed by atoms with Gasteiger partial charge in [0.05, 0.1) is 0 Å². The van der Waals surface area contributed by atoms with Gasteiger partial charge in [-0.3, -0.25) is 19.5 Å². The molecule has 5 rings (SSSR count). The number of carbonyl (C=O) groups is 3. The maximum atomic E-state index is 13.4. The van der Waals surface area contributed by atoms with Gasteiger partial charge >= 0.3 is 6.03 Å². The molecule has 1 N–H and O–H groups in total. The monoisotopic (exact) mass is 418 g/mol. The molecular weight excluding hydrogens is 392 g/mol. The SMILES string of the molecule is CC(C1CC1)N(Cc1cccnc1)C(=O)CN1C(=O)NC2(CCc3ccccc32)C1=O. The molecular formula is C24H26N4O3. The van der Waals surface area contributed by atoms with Gasteiger partial charge < -0.3 is 10.2 Å². The lowest BCUT2D eigenvalue weighted by Gasteiger charge is -2.31. The number of aromatic nitrogens is 1. The molecule has 2 heterocycles. The molecule has 31 heavy (non-hydrogen) atoms. The van der Waals surface area contributed by atoms with Gasteiger partial charge in [-0.25, -0.2) is 4.79 Å². The Labute approximate surface area is 181 Å². The summed E-state index contributed by atoms with van der Waals surface area (Å²) < 4.78 is 0. The Kier molecular flexibility index (Phi) is 4.76. The van der Waals surface area contributed by atoms with Crippen LogP contribution in [0.5, 0.6) is 0 Å². The van der Waals surface area contributed by atoms with E-state index in [1.54, 1.807) is 17.3 Å². The number of aryl methyl sites for hydroxylation is 1. The molecule has 7 heteroatoms. The molecule has 7 nitrogen and oxygen atoms in total. The van der Waals surface area contributed by atoms with E-state index in [-0.39, 0.29) is 24.4 Å². The Hall–Kier alpha value is -3.22. The summed E-state index contributed by atoms with van der Waals surface area (Å²) in [5, 5.41) is 2.90. The first-order valence-corrected chi connectivity index (χ1v) is 10.9. The fraction of sp³-hybridized carbons (Fsp3) is 0.417. The lowest BCUT2D eigenvalue weighted by Crippen LogP contribution is -2.47. The first-order valence-electron chi connectivity index (χ1n) is 10.9. The Bertz CT molecular complexity index is 1040. The van der Waals surface area contributed by atoms with Gasteiger partial charge in [0.1, 0.15) is 12.1 Å². The highest BCUT2D eigenvalue weighted by molar-refractivity contribution is 6.09. The Balaban J connectivity index is 1.37. The maximum absolute atomic E-state index is 13.4. The first-order chi connectivity index (χ1) is 15.0. The van der Waals surface area contributed by atoms with Gasteiger partial charge in [0.2, 0.25) is 5.91 Å². The molecule has 1 saturated carbocycles. The second-order valence-corrected chi connectivity index (χ2v) is 8.84. The van der Waals surface area contributed by atoms with Gasteiger partial charge in [-0.2, -0.15) is 0 Å². The zero-order valence-electron chi connectivity index (χ0n) is 17.6. The van der Waals surface area contributed by atoms with Gasteiger partial charge in [0.25, 0.3) is 5.91 Å². The lowest BCUT2D eigenvalue weighted by molar-refractivity contribution is -0.141. The van der Waals surface area contributed by atoms with Crippen LogP contribution in [0.4, 0.5) is 4.79 Å². The Morgan fingerprint density at radius 2 is 2.06 bits per heavy atom. The third-order valence-electron chi connectivity index (χ3n) is 6.91. The molecule has 1 spiro atoms. The summed E-state index contributed by atoms with van der Waals surface area (Å²) in [5.41, 5.74) is 1.82.